The summed E-state index contributed by atoms with van der Waals surface area (Å²) < 4.78 is 11.7. The number of aldehydes is 1. The summed E-state index contributed by atoms with van der Waals surface area (Å²) in [5.41, 5.74) is 1.79. The molecule has 0 N–H and O–H groups in total. The Balaban J connectivity index is 1.71. The maximum atomic E-state index is 12.2. The fourth-order valence-electron chi connectivity index (χ4n) is 3.08. The van der Waals surface area contributed by atoms with Gasteiger partial charge in [-0.15, -0.1) is 0 Å². The first-order valence-corrected chi connectivity index (χ1v) is 10.2. The number of nitro groups is 1. The Hall–Kier alpha value is -3.61. The predicted octanol–water partition coefficient (Wildman–Crippen LogP) is 5.23. The summed E-state index contributed by atoms with van der Waals surface area (Å²) in [7, 11) is 0. The van der Waals surface area contributed by atoms with E-state index < -0.39 is 10.3 Å². The second kappa shape index (κ2) is 11.7. The van der Waals surface area contributed by atoms with Crippen molar-refractivity contribution in [3.63, 3.8) is 0 Å². The molecule has 0 radical (unpaired) electrons. The zero-order valence-electron chi connectivity index (χ0n) is 17.6. The van der Waals surface area contributed by atoms with Crippen LogP contribution in [0.5, 0.6) is 0 Å². The molecule has 0 bridgehead atoms. The van der Waals surface area contributed by atoms with Gasteiger partial charge in [0.25, 0.3) is 5.69 Å². The normalized spacial score (nSPS) is 11.5. The third kappa shape index (κ3) is 6.97. The van der Waals surface area contributed by atoms with Gasteiger partial charge < -0.3 is 14.3 Å². The van der Waals surface area contributed by atoms with E-state index in [2.05, 4.69) is 0 Å². The number of nitro benzene ring substituents is 1. The van der Waals surface area contributed by atoms with Crippen molar-refractivity contribution >= 4 is 18.0 Å². The Kier molecular flexibility index (Phi) is 8.43. The number of carbonyl (C=O) groups is 1. The van der Waals surface area contributed by atoms with Crippen molar-refractivity contribution < 1.29 is 19.2 Å². The monoisotopic (exact) mass is 431 g/mol. The summed E-state index contributed by atoms with van der Waals surface area (Å²) in [5, 5.41) is 10.9. The molecule has 0 heterocycles. The van der Waals surface area contributed by atoms with E-state index >= 15 is 0 Å². The molecular weight excluding hydrogens is 406 g/mol. The molecule has 3 aromatic carbocycles. The van der Waals surface area contributed by atoms with E-state index in [4.69, 9.17) is 9.47 Å². The second-order valence-corrected chi connectivity index (χ2v) is 7.49. The number of benzene rings is 3. The van der Waals surface area contributed by atoms with E-state index in [9.17, 15) is 14.9 Å². The standard InChI is InChI=1S/C26H25NO5/c28-19-26(20-31-17-23-7-3-1-4-8-23,21-32-18-24-9-5-2-6-10-24)16-15-22-11-13-25(14-12-22)27(29)30/h1-16,19H,17-18,20-21H2/b16-15+. The van der Waals surface area contributed by atoms with Crippen molar-refractivity contribution in [3.8, 4) is 0 Å². The molecule has 0 saturated heterocycles. The van der Waals surface area contributed by atoms with E-state index in [-0.39, 0.29) is 18.9 Å². The van der Waals surface area contributed by atoms with E-state index in [0.717, 1.165) is 23.0 Å². The SMILES string of the molecule is O=CC(/C=C/c1ccc([N+](=O)[O-])cc1)(COCc1ccccc1)COCc1ccccc1. The molecule has 0 fully saturated rings. The number of hydrogen-bond donors (Lipinski definition) is 0. The quantitative estimate of drug-likeness (QED) is 0.223. The van der Waals surface area contributed by atoms with E-state index in [1.165, 1.54) is 12.1 Å². The van der Waals surface area contributed by atoms with Gasteiger partial charge in [-0.25, -0.2) is 0 Å². The maximum Gasteiger partial charge on any atom is 0.269 e. The summed E-state index contributed by atoms with van der Waals surface area (Å²) in [6.45, 7) is 1.04. The minimum absolute atomic E-state index is 0.0150. The van der Waals surface area contributed by atoms with Crippen molar-refractivity contribution in [1.29, 1.82) is 0 Å². The van der Waals surface area contributed by atoms with Gasteiger partial charge in [0.05, 0.1) is 36.8 Å². The van der Waals surface area contributed by atoms with Crippen LogP contribution in [-0.2, 0) is 27.5 Å². The second-order valence-electron chi connectivity index (χ2n) is 7.49. The molecule has 0 amide bonds. The average molecular weight is 431 g/mol. The number of ether oxygens (including phenoxy) is 2. The van der Waals surface area contributed by atoms with Gasteiger partial charge >= 0.3 is 0 Å². The van der Waals surface area contributed by atoms with Crippen LogP contribution in [0.4, 0.5) is 5.69 Å². The van der Waals surface area contributed by atoms with Crippen molar-refractivity contribution in [2.75, 3.05) is 13.2 Å². The highest BCUT2D eigenvalue weighted by atomic mass is 16.6. The largest absolute Gasteiger partial charge is 0.375 e. The number of carbonyl (C=O) groups excluding carboxylic acids is 1. The summed E-state index contributed by atoms with van der Waals surface area (Å²) in [5.74, 6) is 0. The van der Waals surface area contributed by atoms with Gasteiger partial charge in [-0.3, -0.25) is 10.1 Å². The molecule has 0 unspecified atom stereocenters. The molecule has 0 aliphatic heterocycles. The van der Waals surface area contributed by atoms with Gasteiger partial charge in [0.1, 0.15) is 6.29 Å². The molecule has 164 valence electrons. The first-order valence-electron chi connectivity index (χ1n) is 10.2. The van der Waals surface area contributed by atoms with Crippen LogP contribution < -0.4 is 0 Å². The minimum Gasteiger partial charge on any atom is -0.375 e. The highest BCUT2D eigenvalue weighted by Crippen LogP contribution is 2.22. The van der Waals surface area contributed by atoms with Crippen molar-refractivity contribution in [1.82, 2.24) is 0 Å². The minimum atomic E-state index is -0.995. The highest BCUT2D eigenvalue weighted by molar-refractivity contribution is 5.67. The Bertz CT molecular complexity index is 972. The Morgan fingerprint density at radius 2 is 1.28 bits per heavy atom. The van der Waals surface area contributed by atoms with Gasteiger partial charge in [0.15, 0.2) is 0 Å². The summed E-state index contributed by atoms with van der Waals surface area (Å²) in [6, 6.07) is 25.6. The van der Waals surface area contributed by atoms with E-state index in [1.54, 1.807) is 24.3 Å². The molecule has 3 rings (SSSR count). The molecule has 0 aliphatic rings. The Morgan fingerprint density at radius 1 is 0.781 bits per heavy atom. The lowest BCUT2D eigenvalue weighted by molar-refractivity contribution is -0.384. The van der Waals surface area contributed by atoms with Crippen LogP contribution >= 0.6 is 0 Å². The molecular formula is C26H25NO5. The van der Waals surface area contributed by atoms with E-state index in [1.807, 2.05) is 60.7 Å². The lowest BCUT2D eigenvalue weighted by Gasteiger charge is -2.24. The molecule has 6 nitrogen and oxygen atoms in total. The van der Waals surface area contributed by atoms with Crippen LogP contribution in [0.3, 0.4) is 0 Å². The number of nitrogens with zero attached hydrogens (tertiary/aromatic N) is 1. The van der Waals surface area contributed by atoms with Crippen molar-refractivity contribution in [2.24, 2.45) is 5.41 Å². The predicted molar refractivity (Wildman–Crippen MR) is 123 cm³/mol. The molecule has 0 aromatic heterocycles. The third-order valence-corrected chi connectivity index (χ3v) is 4.91. The van der Waals surface area contributed by atoms with E-state index in [0.29, 0.717) is 13.2 Å². The number of non-ortho nitro benzene ring substituents is 1. The first kappa shape index (κ1) is 23.1. The number of hydrogen-bond acceptors (Lipinski definition) is 5. The average Bonchev–Trinajstić information content (AvgIpc) is 2.84. The smallest absolute Gasteiger partial charge is 0.269 e. The summed E-state index contributed by atoms with van der Waals surface area (Å²) in [6.07, 6.45) is 4.35. The Morgan fingerprint density at radius 3 is 1.72 bits per heavy atom. The van der Waals surface area contributed by atoms with Gasteiger partial charge in [-0.1, -0.05) is 72.8 Å². The lowest BCUT2D eigenvalue weighted by atomic mass is 9.90. The van der Waals surface area contributed by atoms with Crippen LogP contribution in [0, 0.1) is 15.5 Å². The summed E-state index contributed by atoms with van der Waals surface area (Å²) in [4.78, 5) is 22.6. The van der Waals surface area contributed by atoms with Gasteiger partial charge in [-0.2, -0.15) is 0 Å². The molecule has 0 aliphatic carbocycles. The summed E-state index contributed by atoms with van der Waals surface area (Å²) >= 11 is 0. The van der Waals surface area contributed by atoms with Gasteiger partial charge in [0, 0.05) is 12.1 Å². The maximum absolute atomic E-state index is 12.2. The molecule has 0 saturated carbocycles. The van der Waals surface area contributed by atoms with Crippen LogP contribution in [0.2, 0.25) is 0 Å². The first-order chi connectivity index (χ1) is 15.6. The Labute approximate surface area is 187 Å². The van der Waals surface area contributed by atoms with Crippen LogP contribution in [-0.4, -0.2) is 24.4 Å². The van der Waals surface area contributed by atoms with Crippen LogP contribution in [0.25, 0.3) is 6.08 Å². The zero-order valence-corrected chi connectivity index (χ0v) is 17.6. The fraction of sp³-hybridized carbons (Fsp3) is 0.192. The third-order valence-electron chi connectivity index (χ3n) is 4.91. The lowest BCUT2D eigenvalue weighted by Crippen LogP contribution is -2.32. The van der Waals surface area contributed by atoms with Crippen molar-refractivity contribution in [3.05, 3.63) is 118 Å². The molecule has 32 heavy (non-hydrogen) atoms. The number of rotatable bonds is 12. The van der Waals surface area contributed by atoms with Crippen LogP contribution in [0.1, 0.15) is 16.7 Å². The van der Waals surface area contributed by atoms with Gasteiger partial charge in [0.2, 0.25) is 0 Å². The molecule has 3 aromatic rings. The molecule has 0 spiro atoms. The molecule has 6 heteroatoms. The fourth-order valence-corrected chi connectivity index (χ4v) is 3.08. The highest BCUT2D eigenvalue weighted by Gasteiger charge is 2.28. The zero-order chi connectivity index (χ0) is 22.7. The van der Waals surface area contributed by atoms with Crippen molar-refractivity contribution in [2.45, 2.75) is 13.2 Å². The molecule has 0 atom stereocenters. The topological polar surface area (TPSA) is 78.7 Å². The van der Waals surface area contributed by atoms with Crippen LogP contribution in [0.15, 0.2) is 91.0 Å². The van der Waals surface area contributed by atoms with Gasteiger partial charge in [-0.05, 0) is 28.8 Å².